The number of carbonyl (C=O) groups excluding carboxylic acids is 5. The van der Waals surface area contributed by atoms with E-state index in [1.807, 2.05) is 21.9 Å². The summed E-state index contributed by atoms with van der Waals surface area (Å²) in [6.07, 6.45) is 3.91. The van der Waals surface area contributed by atoms with Crippen LogP contribution in [-0.4, -0.2) is 99.6 Å². The summed E-state index contributed by atoms with van der Waals surface area (Å²) in [6.45, 7) is 12.0. The molecule has 13 nitrogen and oxygen atoms in total. The standard InChI is InChI=1S/C49H49ClFN7O6/c1-48(2)46(49(3,4)47(48)64-32-13-8-27(20-52)36(50)17-32)57-25-38-33(43(57)61)14-10-30(53-38)9-5-26-6-11-31(12-7-26)55-21-28-23-56(24-29(28)22-55)40-19-35-34(18-37(40)51)44(62)58(45(35)63)39-15-16-41(59)54-42(39)60/h8,10,13-14,17-19,26,28-29,31,39,46-47H,6-7,11-12,15-16,21-25H2,1-4H3,(H,54,59,60)/t26?,28?,29?,31?,39?,46-,47-. The summed E-state index contributed by atoms with van der Waals surface area (Å²) in [7, 11) is 0. The normalized spacial score (nSPS) is 29.1. The molecule has 0 bridgehead atoms. The maximum Gasteiger partial charge on any atom is 0.262 e. The van der Waals surface area contributed by atoms with Crippen molar-refractivity contribution in [1.29, 1.82) is 5.26 Å². The third-order valence-electron chi connectivity index (χ3n) is 15.2. The van der Waals surface area contributed by atoms with Gasteiger partial charge in [-0.25, -0.2) is 9.37 Å². The third kappa shape index (κ3) is 6.83. The van der Waals surface area contributed by atoms with E-state index in [1.165, 1.54) is 6.07 Å². The molecule has 2 aliphatic carbocycles. The fourth-order valence-corrected chi connectivity index (χ4v) is 12.7. The first kappa shape index (κ1) is 42.1. The predicted octanol–water partition coefficient (Wildman–Crippen LogP) is 5.96. The number of nitrogens with zero attached hydrogens (tertiary/aromatic N) is 6. The van der Waals surface area contributed by atoms with Crippen molar-refractivity contribution < 1.29 is 33.1 Å². The van der Waals surface area contributed by atoms with Gasteiger partial charge >= 0.3 is 0 Å². The van der Waals surface area contributed by atoms with Gasteiger partial charge in [0, 0.05) is 67.5 Å². The summed E-state index contributed by atoms with van der Waals surface area (Å²) in [5, 5.41) is 11.8. The van der Waals surface area contributed by atoms with E-state index < -0.39 is 35.5 Å². The number of piperidine rings is 1. The molecule has 330 valence electrons. The van der Waals surface area contributed by atoms with Crippen molar-refractivity contribution in [2.45, 2.75) is 97.0 Å². The molecular formula is C49H49ClFN7O6. The summed E-state index contributed by atoms with van der Waals surface area (Å²) < 4.78 is 22.1. The second-order valence-electron chi connectivity index (χ2n) is 19.9. The van der Waals surface area contributed by atoms with Crippen LogP contribution in [0.5, 0.6) is 5.75 Å². The minimum atomic E-state index is -1.10. The highest BCUT2D eigenvalue weighted by atomic mass is 35.5. The lowest BCUT2D eigenvalue weighted by atomic mass is 9.49. The van der Waals surface area contributed by atoms with Crippen molar-refractivity contribution in [2.75, 3.05) is 31.1 Å². The number of hydrogen-bond donors (Lipinski definition) is 1. The maximum atomic E-state index is 15.6. The molecule has 15 heteroatoms. The lowest BCUT2D eigenvalue weighted by molar-refractivity contribution is -0.199. The molecule has 3 aromatic rings. The van der Waals surface area contributed by atoms with Crippen molar-refractivity contribution in [3.63, 3.8) is 0 Å². The Hall–Kier alpha value is -5.83. The number of ether oxygens (including phenoxy) is 1. The molecule has 7 aliphatic rings. The van der Waals surface area contributed by atoms with Gasteiger partial charge in [-0.2, -0.15) is 5.26 Å². The molecule has 2 aromatic carbocycles. The molecule has 3 saturated heterocycles. The van der Waals surface area contributed by atoms with Crippen LogP contribution in [0, 0.1) is 57.6 Å². The zero-order valence-corrected chi connectivity index (χ0v) is 37.0. The van der Waals surface area contributed by atoms with Crippen LogP contribution in [0.1, 0.15) is 114 Å². The molecule has 3 atom stereocenters. The number of amides is 5. The third-order valence-corrected chi connectivity index (χ3v) is 15.5. The van der Waals surface area contributed by atoms with E-state index in [0.717, 1.165) is 55.4 Å². The zero-order chi connectivity index (χ0) is 45.0. The van der Waals surface area contributed by atoms with Crippen molar-refractivity contribution >= 4 is 46.8 Å². The number of hydrogen-bond acceptors (Lipinski definition) is 10. The number of anilines is 1. The van der Waals surface area contributed by atoms with Crippen LogP contribution in [-0.2, 0) is 16.1 Å². The average molecular weight is 886 g/mol. The fraction of sp³-hybridized carbons (Fsp3) is 0.490. The van der Waals surface area contributed by atoms with E-state index in [9.17, 15) is 29.2 Å². The lowest BCUT2D eigenvalue weighted by Gasteiger charge is -2.65. The smallest absolute Gasteiger partial charge is 0.262 e. The molecule has 1 aromatic heterocycles. The van der Waals surface area contributed by atoms with Crippen LogP contribution in [0.15, 0.2) is 42.5 Å². The highest BCUT2D eigenvalue weighted by Crippen LogP contribution is 2.59. The largest absolute Gasteiger partial charge is 0.489 e. The van der Waals surface area contributed by atoms with Crippen LogP contribution in [0.4, 0.5) is 10.1 Å². The van der Waals surface area contributed by atoms with E-state index in [-0.39, 0.29) is 58.8 Å². The van der Waals surface area contributed by atoms with Gasteiger partial charge in [0.2, 0.25) is 11.8 Å². The molecule has 6 heterocycles. The Labute approximate surface area is 376 Å². The Kier molecular flexibility index (Phi) is 10.2. The van der Waals surface area contributed by atoms with Crippen LogP contribution < -0.4 is 15.0 Å². The lowest BCUT2D eigenvalue weighted by Crippen LogP contribution is -2.74. The van der Waals surface area contributed by atoms with Crippen molar-refractivity contribution in [2.24, 2.45) is 28.6 Å². The number of carbonyl (C=O) groups is 5. The van der Waals surface area contributed by atoms with E-state index in [1.54, 1.807) is 18.2 Å². The monoisotopic (exact) mass is 885 g/mol. The van der Waals surface area contributed by atoms with Gasteiger partial charge in [-0.3, -0.25) is 39.1 Å². The zero-order valence-electron chi connectivity index (χ0n) is 36.2. The molecule has 0 radical (unpaired) electrons. The molecule has 2 saturated carbocycles. The Morgan fingerprint density at radius 2 is 1.53 bits per heavy atom. The minimum Gasteiger partial charge on any atom is -0.489 e. The van der Waals surface area contributed by atoms with Crippen molar-refractivity contribution in [3.8, 4) is 23.7 Å². The molecule has 3 unspecified atom stereocenters. The highest BCUT2D eigenvalue weighted by Gasteiger charge is 2.67. The number of imide groups is 2. The summed E-state index contributed by atoms with van der Waals surface area (Å²) in [6, 6.07) is 12.7. The number of aromatic nitrogens is 1. The number of nitriles is 1. The first-order valence-electron chi connectivity index (χ1n) is 22.3. The van der Waals surface area contributed by atoms with Crippen LogP contribution in [0.2, 0.25) is 5.02 Å². The molecule has 5 fully saturated rings. The number of benzene rings is 2. The Bertz CT molecular complexity index is 2630. The quantitative estimate of drug-likeness (QED) is 0.232. The number of fused-ring (bicyclic) bond motifs is 3. The van der Waals surface area contributed by atoms with Gasteiger partial charge in [0.25, 0.3) is 17.7 Å². The number of halogens is 2. The summed E-state index contributed by atoms with van der Waals surface area (Å²) in [4.78, 5) is 76.8. The maximum absolute atomic E-state index is 15.6. The van der Waals surface area contributed by atoms with Crippen molar-refractivity contribution in [3.05, 3.63) is 86.9 Å². The van der Waals surface area contributed by atoms with Gasteiger partial charge in [0.05, 0.1) is 45.2 Å². The van der Waals surface area contributed by atoms with Gasteiger partial charge in [-0.15, -0.1) is 0 Å². The average Bonchev–Trinajstić information content (AvgIpc) is 3.99. The minimum absolute atomic E-state index is 0.0180. The van der Waals surface area contributed by atoms with Crippen LogP contribution >= 0.6 is 11.6 Å². The van der Waals surface area contributed by atoms with E-state index in [0.29, 0.717) is 70.8 Å². The highest BCUT2D eigenvalue weighted by molar-refractivity contribution is 6.31. The van der Waals surface area contributed by atoms with Gasteiger partial charge in [0.1, 0.15) is 35.5 Å². The Morgan fingerprint density at radius 1 is 0.844 bits per heavy atom. The molecular weight excluding hydrogens is 837 g/mol. The number of nitrogens with one attached hydrogen (secondary N) is 1. The first-order valence-corrected chi connectivity index (χ1v) is 22.6. The summed E-state index contributed by atoms with van der Waals surface area (Å²) in [5.41, 5.74) is 1.99. The van der Waals surface area contributed by atoms with Gasteiger partial charge < -0.3 is 14.5 Å². The molecule has 0 spiro atoms. The molecule has 10 rings (SSSR count). The second-order valence-corrected chi connectivity index (χ2v) is 20.3. The van der Waals surface area contributed by atoms with E-state index in [2.05, 4.69) is 55.8 Å². The summed E-state index contributed by atoms with van der Waals surface area (Å²) >= 11 is 6.30. The number of pyridine rings is 1. The topological polar surface area (TPSA) is 156 Å². The van der Waals surface area contributed by atoms with Gasteiger partial charge in [0.15, 0.2) is 0 Å². The Balaban J connectivity index is 0.722. The van der Waals surface area contributed by atoms with Crippen LogP contribution in [0.3, 0.4) is 0 Å². The molecule has 64 heavy (non-hydrogen) atoms. The summed E-state index contributed by atoms with van der Waals surface area (Å²) in [5.74, 6) is 5.27. The Morgan fingerprint density at radius 3 is 2.19 bits per heavy atom. The van der Waals surface area contributed by atoms with Gasteiger partial charge in [-0.05, 0) is 86.3 Å². The second kappa shape index (κ2) is 15.4. The predicted molar refractivity (Wildman–Crippen MR) is 233 cm³/mol. The van der Waals surface area contributed by atoms with Crippen molar-refractivity contribution in [1.82, 2.24) is 25.0 Å². The number of rotatable bonds is 6. The molecule has 5 amide bonds. The molecule has 5 aliphatic heterocycles. The van der Waals surface area contributed by atoms with E-state index >= 15 is 4.39 Å². The van der Waals surface area contributed by atoms with E-state index in [4.69, 9.17) is 21.3 Å². The first-order chi connectivity index (χ1) is 30.5. The molecule has 1 N–H and O–H groups in total. The fourth-order valence-electron chi connectivity index (χ4n) is 12.5. The van der Waals surface area contributed by atoms with Gasteiger partial charge in [-0.1, -0.05) is 45.2 Å². The SMILES string of the molecule is CC1(C)[C@H](Oc2ccc(C#N)c(Cl)c2)C(C)(C)[C@H]1N1Cc2nc(C#CC3CCC(N4CC5CN(c6cc7c(cc6F)C(=O)N(C6CCC(=O)NC6=O)C7=O)CC5C4)CC3)ccc2C1=O. The van der Waals surface area contributed by atoms with Crippen LogP contribution in [0.25, 0.3) is 0 Å². The number of likely N-dealkylation sites (tertiary alicyclic amines) is 1.